The molecule has 2 heterocycles. The molecule has 0 amide bonds. The highest BCUT2D eigenvalue weighted by Gasteiger charge is 2.01. The Hall–Kier alpha value is -1.59. The van der Waals surface area contributed by atoms with Crippen molar-refractivity contribution in [2.24, 2.45) is 4.99 Å². The molecule has 0 radical (unpaired) electrons. The van der Waals surface area contributed by atoms with Crippen LogP contribution in [0.4, 0.5) is 0 Å². The van der Waals surface area contributed by atoms with Crippen LogP contribution in [0.1, 0.15) is 29.2 Å². The monoisotopic (exact) mass is 350 g/mol. The second kappa shape index (κ2) is 9.53. The van der Waals surface area contributed by atoms with Crippen LogP contribution in [0.15, 0.2) is 35.5 Å². The number of aryl methyl sites for hydroxylation is 1. The summed E-state index contributed by atoms with van der Waals surface area (Å²) in [6.07, 6.45) is 3.78. The maximum Gasteiger partial charge on any atom is 0.191 e. The topological polar surface area (TPSA) is 49.3 Å². The molecule has 6 heteroatoms. The van der Waals surface area contributed by atoms with E-state index < -0.39 is 0 Å². The number of aromatic nitrogens is 1. The van der Waals surface area contributed by atoms with Crippen LogP contribution in [0.25, 0.3) is 0 Å². The molecule has 23 heavy (non-hydrogen) atoms. The molecule has 2 aromatic rings. The molecule has 0 aliphatic heterocycles. The van der Waals surface area contributed by atoms with Crippen LogP contribution >= 0.6 is 22.9 Å². The maximum atomic E-state index is 5.79. The third-order valence-electron chi connectivity index (χ3n) is 3.30. The number of halogens is 1. The minimum atomic E-state index is 0.527. The first-order valence-electron chi connectivity index (χ1n) is 7.91. The van der Waals surface area contributed by atoms with Crippen LogP contribution in [0.5, 0.6) is 0 Å². The Morgan fingerprint density at radius 2 is 2.00 bits per heavy atom. The summed E-state index contributed by atoms with van der Waals surface area (Å²) in [5.74, 6) is 0.848. The Labute approximate surface area is 147 Å². The second-order valence-electron chi connectivity index (χ2n) is 5.08. The quantitative estimate of drug-likeness (QED) is 0.455. The summed E-state index contributed by atoms with van der Waals surface area (Å²) in [7, 11) is 0. The van der Waals surface area contributed by atoms with Gasteiger partial charge in [-0.25, -0.2) is 9.98 Å². The first kappa shape index (κ1) is 17.8. The first-order valence-corrected chi connectivity index (χ1v) is 9.11. The number of nitrogens with one attached hydrogen (secondary N) is 2. The van der Waals surface area contributed by atoms with Crippen molar-refractivity contribution < 1.29 is 0 Å². The van der Waals surface area contributed by atoms with Gasteiger partial charge >= 0.3 is 0 Å². The van der Waals surface area contributed by atoms with Crippen LogP contribution in [-0.4, -0.2) is 24.0 Å². The van der Waals surface area contributed by atoms with Gasteiger partial charge in [0.15, 0.2) is 5.96 Å². The lowest BCUT2D eigenvalue weighted by Crippen LogP contribution is -2.38. The minimum absolute atomic E-state index is 0.527. The molecular formula is C17H23ClN4S. The minimum Gasteiger partial charge on any atom is -0.357 e. The third-order valence-corrected chi connectivity index (χ3v) is 4.74. The molecular weight excluding hydrogens is 328 g/mol. The molecule has 2 aromatic heterocycles. The molecule has 0 saturated carbocycles. The molecule has 0 aromatic carbocycles. The predicted molar refractivity (Wildman–Crippen MR) is 99.5 cm³/mol. The largest absolute Gasteiger partial charge is 0.357 e. The van der Waals surface area contributed by atoms with E-state index in [9.17, 15) is 0 Å². The van der Waals surface area contributed by atoms with Gasteiger partial charge in [-0.3, -0.25) is 0 Å². The van der Waals surface area contributed by atoms with Crippen molar-refractivity contribution in [3.63, 3.8) is 0 Å². The van der Waals surface area contributed by atoms with Crippen molar-refractivity contribution in [1.82, 2.24) is 15.6 Å². The number of guanidine groups is 1. The van der Waals surface area contributed by atoms with Crippen molar-refractivity contribution >= 4 is 28.9 Å². The molecule has 0 fully saturated rings. The van der Waals surface area contributed by atoms with Gasteiger partial charge in [0.25, 0.3) is 0 Å². The molecule has 0 atom stereocenters. The van der Waals surface area contributed by atoms with Crippen molar-refractivity contribution in [2.75, 3.05) is 13.1 Å². The van der Waals surface area contributed by atoms with E-state index in [1.165, 1.54) is 9.75 Å². The van der Waals surface area contributed by atoms with E-state index in [2.05, 4.69) is 46.6 Å². The number of hydrogen-bond acceptors (Lipinski definition) is 3. The average Bonchev–Trinajstić information content (AvgIpc) is 3.02. The van der Waals surface area contributed by atoms with E-state index in [4.69, 9.17) is 11.6 Å². The normalized spacial score (nSPS) is 11.5. The van der Waals surface area contributed by atoms with E-state index in [0.717, 1.165) is 37.5 Å². The summed E-state index contributed by atoms with van der Waals surface area (Å²) in [4.78, 5) is 11.4. The maximum absolute atomic E-state index is 5.79. The van der Waals surface area contributed by atoms with E-state index in [1.807, 2.05) is 29.7 Å². The molecule has 0 unspecified atom stereocenters. The summed E-state index contributed by atoms with van der Waals surface area (Å²) in [5, 5.41) is 7.16. The lowest BCUT2D eigenvalue weighted by atomic mass is 10.2. The Kier molecular flexibility index (Phi) is 7.36. The van der Waals surface area contributed by atoms with Gasteiger partial charge in [-0.05, 0) is 43.5 Å². The fourth-order valence-electron chi connectivity index (χ4n) is 2.08. The predicted octanol–water partition coefficient (Wildman–Crippen LogP) is 3.66. The van der Waals surface area contributed by atoms with Crippen molar-refractivity contribution in [3.05, 3.63) is 50.9 Å². The van der Waals surface area contributed by atoms with Gasteiger partial charge in [-0.2, -0.15) is 0 Å². The number of hydrogen-bond donors (Lipinski definition) is 2. The molecule has 2 rings (SSSR count). The summed E-state index contributed by atoms with van der Waals surface area (Å²) in [6, 6.07) is 8.16. The van der Waals surface area contributed by atoms with Crippen molar-refractivity contribution in [1.29, 1.82) is 0 Å². The summed E-state index contributed by atoms with van der Waals surface area (Å²) in [5.41, 5.74) is 1.16. The highest BCUT2D eigenvalue weighted by atomic mass is 35.5. The van der Waals surface area contributed by atoms with Gasteiger partial charge in [0, 0.05) is 29.0 Å². The molecule has 0 bridgehead atoms. The highest BCUT2D eigenvalue weighted by molar-refractivity contribution is 7.11. The third kappa shape index (κ3) is 6.20. The Balaban J connectivity index is 1.84. The van der Waals surface area contributed by atoms with Crippen LogP contribution in [-0.2, 0) is 19.4 Å². The molecule has 0 aliphatic rings. The number of nitrogens with zero attached hydrogens (tertiary/aromatic N) is 2. The van der Waals surface area contributed by atoms with Gasteiger partial charge in [0.2, 0.25) is 0 Å². The molecule has 124 valence electrons. The van der Waals surface area contributed by atoms with Gasteiger partial charge < -0.3 is 10.6 Å². The van der Waals surface area contributed by atoms with Crippen LogP contribution in [0, 0.1) is 0 Å². The summed E-state index contributed by atoms with van der Waals surface area (Å²) < 4.78 is 0. The van der Waals surface area contributed by atoms with E-state index in [1.54, 1.807) is 0 Å². The molecule has 0 saturated heterocycles. The number of pyridine rings is 1. The second-order valence-corrected chi connectivity index (χ2v) is 6.72. The lowest BCUT2D eigenvalue weighted by molar-refractivity contribution is 0.799. The zero-order valence-corrected chi connectivity index (χ0v) is 15.2. The fraction of sp³-hybridized carbons (Fsp3) is 0.412. The standard InChI is InChI=1S/C17H23ClN4S/c1-3-14-6-7-15(23-14)12-22-17(19-4-2)20-10-9-13-5-8-16(18)21-11-13/h5-8,11H,3-4,9-10,12H2,1-2H3,(H2,19,20,22). The summed E-state index contributed by atoms with van der Waals surface area (Å²) in [6.45, 7) is 6.61. The van der Waals surface area contributed by atoms with Gasteiger partial charge in [-0.1, -0.05) is 24.6 Å². The van der Waals surface area contributed by atoms with Crippen LogP contribution in [0.3, 0.4) is 0 Å². The smallest absolute Gasteiger partial charge is 0.191 e. The lowest BCUT2D eigenvalue weighted by Gasteiger charge is -2.11. The molecule has 0 aliphatic carbocycles. The SMILES string of the molecule is CCNC(=NCc1ccc(CC)s1)NCCc1ccc(Cl)nc1. The van der Waals surface area contributed by atoms with E-state index in [-0.39, 0.29) is 0 Å². The first-order chi connectivity index (χ1) is 11.2. The molecule has 2 N–H and O–H groups in total. The van der Waals surface area contributed by atoms with E-state index in [0.29, 0.717) is 11.7 Å². The van der Waals surface area contributed by atoms with E-state index >= 15 is 0 Å². The fourth-order valence-corrected chi connectivity index (χ4v) is 3.07. The highest BCUT2D eigenvalue weighted by Crippen LogP contribution is 2.17. The number of thiophene rings is 1. The van der Waals surface area contributed by atoms with Gasteiger partial charge in [0.1, 0.15) is 5.15 Å². The molecule has 4 nitrogen and oxygen atoms in total. The summed E-state index contributed by atoms with van der Waals surface area (Å²) >= 11 is 7.63. The van der Waals surface area contributed by atoms with Crippen LogP contribution < -0.4 is 10.6 Å². The Bertz CT molecular complexity index is 622. The van der Waals surface area contributed by atoms with Crippen molar-refractivity contribution in [3.8, 4) is 0 Å². The van der Waals surface area contributed by atoms with Gasteiger partial charge in [-0.15, -0.1) is 11.3 Å². The van der Waals surface area contributed by atoms with Crippen molar-refractivity contribution in [2.45, 2.75) is 33.2 Å². The van der Waals surface area contributed by atoms with Crippen LogP contribution in [0.2, 0.25) is 5.15 Å². The number of aliphatic imine (C=N–C) groups is 1. The zero-order chi connectivity index (χ0) is 16.5. The molecule has 0 spiro atoms. The average molecular weight is 351 g/mol. The Morgan fingerprint density at radius 1 is 1.17 bits per heavy atom. The van der Waals surface area contributed by atoms with Gasteiger partial charge in [0.05, 0.1) is 6.54 Å². The Morgan fingerprint density at radius 3 is 2.65 bits per heavy atom. The zero-order valence-electron chi connectivity index (χ0n) is 13.6. The number of rotatable bonds is 7.